The van der Waals surface area contributed by atoms with Gasteiger partial charge in [0.1, 0.15) is 5.84 Å². The summed E-state index contributed by atoms with van der Waals surface area (Å²) < 4.78 is 0. The highest BCUT2D eigenvalue weighted by Crippen LogP contribution is 2.20. The molecular weight excluding hydrogens is 368 g/mol. The van der Waals surface area contributed by atoms with E-state index in [4.69, 9.17) is 22.2 Å². The smallest absolute Gasteiger partial charge is 0.261 e. The van der Waals surface area contributed by atoms with Gasteiger partial charge in [0.15, 0.2) is 6.61 Å². The first-order valence-corrected chi connectivity index (χ1v) is 8.63. The first-order chi connectivity index (χ1) is 12.9. The van der Waals surface area contributed by atoms with Gasteiger partial charge in [-0.2, -0.15) is 0 Å². The van der Waals surface area contributed by atoms with Crippen LogP contribution in [0.4, 0.5) is 5.69 Å². The summed E-state index contributed by atoms with van der Waals surface area (Å²) >= 11 is 5.96. The molecule has 7 nitrogen and oxygen atoms in total. The number of amidine groups is 1. The van der Waals surface area contributed by atoms with Crippen LogP contribution in [0.25, 0.3) is 0 Å². The molecule has 0 saturated carbocycles. The Morgan fingerprint density at radius 2 is 1.81 bits per heavy atom. The van der Waals surface area contributed by atoms with Crippen LogP contribution in [-0.4, -0.2) is 24.3 Å². The lowest BCUT2D eigenvalue weighted by Crippen LogP contribution is -2.27. The van der Waals surface area contributed by atoms with Crippen molar-refractivity contribution in [3.63, 3.8) is 0 Å². The Morgan fingerprint density at radius 1 is 1.11 bits per heavy atom. The van der Waals surface area contributed by atoms with Gasteiger partial charge < -0.3 is 21.2 Å². The Balaban J connectivity index is 1.70. The van der Waals surface area contributed by atoms with Gasteiger partial charge in [-0.3, -0.25) is 9.59 Å². The second-order valence-electron chi connectivity index (χ2n) is 5.82. The molecule has 4 N–H and O–H groups in total. The third-order valence-electron chi connectivity index (χ3n) is 3.48. The number of oxime groups is 1. The molecule has 8 heteroatoms. The van der Waals surface area contributed by atoms with Crippen LogP contribution in [0.5, 0.6) is 0 Å². The fourth-order valence-electron chi connectivity index (χ4n) is 2.09. The molecule has 0 bridgehead atoms. The van der Waals surface area contributed by atoms with Crippen molar-refractivity contribution in [2.75, 3.05) is 11.9 Å². The van der Waals surface area contributed by atoms with E-state index < -0.39 is 5.91 Å². The molecule has 2 aromatic carbocycles. The van der Waals surface area contributed by atoms with Crippen LogP contribution in [0.3, 0.4) is 0 Å². The quantitative estimate of drug-likeness (QED) is 0.367. The van der Waals surface area contributed by atoms with E-state index in [-0.39, 0.29) is 24.8 Å². The lowest BCUT2D eigenvalue weighted by atomic mass is 10.1. The highest BCUT2D eigenvalue weighted by atomic mass is 35.5. The van der Waals surface area contributed by atoms with Gasteiger partial charge >= 0.3 is 0 Å². The molecule has 0 aliphatic rings. The molecule has 0 saturated heterocycles. The van der Waals surface area contributed by atoms with Crippen molar-refractivity contribution >= 4 is 34.9 Å². The number of carbonyl (C=O) groups excluding carboxylic acids is 2. The molecule has 0 spiro atoms. The van der Waals surface area contributed by atoms with Crippen LogP contribution < -0.4 is 16.4 Å². The molecule has 0 radical (unpaired) electrons. The third-order valence-corrected chi connectivity index (χ3v) is 3.81. The summed E-state index contributed by atoms with van der Waals surface area (Å²) in [7, 11) is 0. The number of benzene rings is 2. The first-order valence-electron chi connectivity index (χ1n) is 8.25. The maximum Gasteiger partial charge on any atom is 0.261 e. The number of nitrogens with one attached hydrogen (secondary N) is 2. The van der Waals surface area contributed by atoms with Gasteiger partial charge in [-0.15, -0.1) is 0 Å². The third kappa shape index (κ3) is 7.37. The maximum atomic E-state index is 11.9. The largest absolute Gasteiger partial charge is 0.384 e. The lowest BCUT2D eigenvalue weighted by Gasteiger charge is -2.07. The van der Waals surface area contributed by atoms with Crippen molar-refractivity contribution in [3.8, 4) is 0 Å². The Labute approximate surface area is 162 Å². The van der Waals surface area contributed by atoms with Crippen molar-refractivity contribution < 1.29 is 14.4 Å². The lowest BCUT2D eigenvalue weighted by molar-refractivity contribution is -0.125. The molecule has 0 fully saturated rings. The standard InChI is InChI=1S/C19H21ClN4O3/c1-13-6-8-14(9-7-13)11-22-19(26)12-27-24-17(21)10-18(25)23-16-5-3-2-4-15(16)20/h2-9H,10-12H2,1H3,(H2,21,24)(H,22,26)(H,23,25). The van der Waals surface area contributed by atoms with Gasteiger partial charge in [0, 0.05) is 6.54 Å². The normalized spacial score (nSPS) is 11.0. The highest BCUT2D eigenvalue weighted by Gasteiger charge is 2.08. The van der Waals surface area contributed by atoms with Crippen LogP contribution in [0.1, 0.15) is 17.5 Å². The van der Waals surface area contributed by atoms with E-state index in [1.54, 1.807) is 24.3 Å². The molecule has 0 aliphatic carbocycles. The van der Waals surface area contributed by atoms with E-state index in [1.165, 1.54) is 0 Å². The average Bonchev–Trinajstić information content (AvgIpc) is 2.63. The second kappa shape index (κ2) is 10.2. The van der Waals surface area contributed by atoms with Gasteiger partial charge in [-0.05, 0) is 24.6 Å². The van der Waals surface area contributed by atoms with Crippen molar-refractivity contribution in [2.45, 2.75) is 19.9 Å². The Kier molecular flexibility index (Phi) is 7.63. The number of hydrogen-bond donors (Lipinski definition) is 3. The number of nitrogens with zero attached hydrogens (tertiary/aromatic N) is 1. The minimum Gasteiger partial charge on any atom is -0.384 e. The van der Waals surface area contributed by atoms with Gasteiger partial charge in [0.05, 0.1) is 17.1 Å². The highest BCUT2D eigenvalue weighted by molar-refractivity contribution is 6.33. The zero-order valence-electron chi connectivity index (χ0n) is 14.9. The zero-order chi connectivity index (χ0) is 19.6. The Hall–Kier alpha value is -3.06. The number of amides is 2. The number of anilines is 1. The molecule has 2 amide bonds. The first kappa shape index (κ1) is 20.3. The summed E-state index contributed by atoms with van der Waals surface area (Å²) in [6.45, 7) is 2.09. The topological polar surface area (TPSA) is 106 Å². The van der Waals surface area contributed by atoms with Crippen molar-refractivity contribution in [3.05, 3.63) is 64.7 Å². The molecule has 2 aromatic rings. The SMILES string of the molecule is Cc1ccc(CNC(=O)CO/N=C(/N)CC(=O)Nc2ccccc2Cl)cc1. The minimum absolute atomic E-state index is 0.0501. The van der Waals surface area contributed by atoms with E-state index in [9.17, 15) is 9.59 Å². The van der Waals surface area contributed by atoms with E-state index in [0.29, 0.717) is 17.3 Å². The van der Waals surface area contributed by atoms with Crippen molar-refractivity contribution in [1.29, 1.82) is 0 Å². The van der Waals surface area contributed by atoms with Crippen LogP contribution in [0.2, 0.25) is 5.02 Å². The summed E-state index contributed by atoms with van der Waals surface area (Å²) in [6, 6.07) is 14.6. The van der Waals surface area contributed by atoms with E-state index in [1.807, 2.05) is 31.2 Å². The number of hydrogen-bond acceptors (Lipinski definition) is 4. The van der Waals surface area contributed by atoms with Gasteiger partial charge in [0.25, 0.3) is 5.91 Å². The minimum atomic E-state index is -0.392. The van der Waals surface area contributed by atoms with E-state index in [0.717, 1.165) is 11.1 Å². The fraction of sp³-hybridized carbons (Fsp3) is 0.211. The predicted octanol–water partition coefficient (Wildman–Crippen LogP) is 2.58. The number of halogens is 1. The van der Waals surface area contributed by atoms with Crippen molar-refractivity contribution in [1.82, 2.24) is 5.32 Å². The number of rotatable bonds is 8. The van der Waals surface area contributed by atoms with Crippen LogP contribution in [-0.2, 0) is 21.0 Å². The molecular formula is C19H21ClN4O3. The number of aryl methyl sites for hydroxylation is 1. The molecule has 2 rings (SSSR count). The van der Waals surface area contributed by atoms with Gasteiger partial charge in [0.2, 0.25) is 5.91 Å². The van der Waals surface area contributed by atoms with Crippen LogP contribution in [0.15, 0.2) is 53.7 Å². The van der Waals surface area contributed by atoms with Crippen LogP contribution in [0, 0.1) is 6.92 Å². The average molecular weight is 389 g/mol. The van der Waals surface area contributed by atoms with E-state index >= 15 is 0 Å². The zero-order valence-corrected chi connectivity index (χ0v) is 15.6. The summed E-state index contributed by atoms with van der Waals surface area (Å²) in [4.78, 5) is 28.5. The summed E-state index contributed by atoms with van der Waals surface area (Å²) in [5, 5.41) is 9.31. The summed E-state index contributed by atoms with van der Waals surface area (Å²) in [6.07, 6.45) is -0.184. The number of nitrogens with two attached hydrogens (primary N) is 1. The van der Waals surface area contributed by atoms with E-state index in [2.05, 4.69) is 15.8 Å². The number of para-hydroxylation sites is 1. The second-order valence-corrected chi connectivity index (χ2v) is 6.23. The molecule has 0 unspecified atom stereocenters. The molecule has 0 aliphatic heterocycles. The molecule has 0 atom stereocenters. The molecule has 0 heterocycles. The summed E-state index contributed by atoms with van der Waals surface area (Å²) in [5.74, 6) is -0.782. The van der Waals surface area contributed by atoms with Crippen LogP contribution >= 0.6 is 11.6 Å². The van der Waals surface area contributed by atoms with Gasteiger partial charge in [-0.1, -0.05) is 58.7 Å². The molecule has 142 valence electrons. The Morgan fingerprint density at radius 3 is 2.52 bits per heavy atom. The summed E-state index contributed by atoms with van der Waals surface area (Å²) in [5.41, 5.74) is 8.24. The van der Waals surface area contributed by atoms with Crippen molar-refractivity contribution in [2.24, 2.45) is 10.9 Å². The van der Waals surface area contributed by atoms with Gasteiger partial charge in [-0.25, -0.2) is 0 Å². The predicted molar refractivity (Wildman–Crippen MR) is 105 cm³/mol. The number of carbonyl (C=O) groups is 2. The maximum absolute atomic E-state index is 11.9. The molecule has 0 aromatic heterocycles. The monoisotopic (exact) mass is 388 g/mol. The Bertz CT molecular complexity index is 822. The molecule has 27 heavy (non-hydrogen) atoms. The fourth-order valence-corrected chi connectivity index (χ4v) is 2.27.